The van der Waals surface area contributed by atoms with E-state index in [1.807, 2.05) is 18.2 Å². The van der Waals surface area contributed by atoms with Gasteiger partial charge in [0, 0.05) is 6.54 Å². The van der Waals surface area contributed by atoms with Crippen LogP contribution in [-0.2, 0) is 6.54 Å². The topological polar surface area (TPSA) is 47.0 Å². The van der Waals surface area contributed by atoms with E-state index in [0.29, 0.717) is 17.5 Å². The van der Waals surface area contributed by atoms with Crippen LogP contribution in [0.4, 0.5) is 0 Å². The van der Waals surface area contributed by atoms with E-state index in [9.17, 15) is 0 Å². The Labute approximate surface area is 117 Å². The number of nitrogens with zero attached hydrogens (tertiary/aromatic N) is 2. The van der Waals surface area contributed by atoms with Gasteiger partial charge in [0.2, 0.25) is 5.88 Å². The molecule has 4 nitrogen and oxygen atoms in total. The van der Waals surface area contributed by atoms with Crippen LogP contribution in [0.25, 0.3) is 0 Å². The summed E-state index contributed by atoms with van der Waals surface area (Å²) < 4.78 is 5.47. The summed E-state index contributed by atoms with van der Waals surface area (Å²) >= 11 is 5.88. The minimum atomic E-state index is 0.444. The molecule has 19 heavy (non-hydrogen) atoms. The van der Waals surface area contributed by atoms with E-state index in [2.05, 4.69) is 27.4 Å². The summed E-state index contributed by atoms with van der Waals surface area (Å²) in [5.41, 5.74) is 1.28. The fraction of sp³-hybridized carbons (Fsp3) is 0.286. The van der Waals surface area contributed by atoms with Gasteiger partial charge in [-0.2, -0.15) is 0 Å². The van der Waals surface area contributed by atoms with Crippen molar-refractivity contribution in [2.24, 2.45) is 0 Å². The van der Waals surface area contributed by atoms with Crippen LogP contribution in [0.1, 0.15) is 12.0 Å². The van der Waals surface area contributed by atoms with Crippen molar-refractivity contribution in [2.75, 3.05) is 13.2 Å². The highest BCUT2D eigenvalue weighted by Gasteiger charge is 2.01. The third-order valence-corrected chi connectivity index (χ3v) is 2.80. The summed E-state index contributed by atoms with van der Waals surface area (Å²) in [6.45, 7) is 2.34. The highest BCUT2D eigenvalue weighted by molar-refractivity contribution is 6.31. The standard InChI is InChI=1S/C14H16ClN3O/c15-13-10-17-11-18-14(13)19-8-4-7-16-9-12-5-2-1-3-6-12/h1-3,5-6,10-11,16H,4,7-9H2. The molecule has 1 aromatic carbocycles. The van der Waals surface area contributed by atoms with Gasteiger partial charge in [-0.05, 0) is 18.5 Å². The summed E-state index contributed by atoms with van der Waals surface area (Å²) in [5, 5.41) is 3.80. The van der Waals surface area contributed by atoms with Crippen molar-refractivity contribution >= 4 is 11.6 Å². The summed E-state index contributed by atoms with van der Waals surface area (Å²) in [5.74, 6) is 0.444. The highest BCUT2D eigenvalue weighted by Crippen LogP contribution is 2.18. The molecule has 0 radical (unpaired) electrons. The van der Waals surface area contributed by atoms with Gasteiger partial charge in [0.05, 0.1) is 12.8 Å². The first-order chi connectivity index (χ1) is 9.36. The van der Waals surface area contributed by atoms with Crippen LogP contribution in [0.15, 0.2) is 42.9 Å². The summed E-state index contributed by atoms with van der Waals surface area (Å²) in [7, 11) is 0. The predicted octanol–water partition coefficient (Wildman–Crippen LogP) is 2.69. The first kappa shape index (κ1) is 13.8. The van der Waals surface area contributed by atoms with Gasteiger partial charge in [0.25, 0.3) is 0 Å². The molecule has 5 heteroatoms. The number of ether oxygens (including phenoxy) is 1. The van der Waals surface area contributed by atoms with Crippen LogP contribution in [0.3, 0.4) is 0 Å². The number of nitrogens with one attached hydrogen (secondary N) is 1. The molecule has 0 aliphatic heterocycles. The number of aromatic nitrogens is 2. The lowest BCUT2D eigenvalue weighted by Gasteiger charge is -2.07. The molecule has 0 bridgehead atoms. The lowest BCUT2D eigenvalue weighted by molar-refractivity contribution is 0.296. The summed E-state index contributed by atoms with van der Waals surface area (Å²) in [4.78, 5) is 7.76. The van der Waals surface area contributed by atoms with Crippen LogP contribution in [0, 0.1) is 0 Å². The largest absolute Gasteiger partial charge is 0.476 e. The van der Waals surface area contributed by atoms with E-state index in [0.717, 1.165) is 19.5 Å². The fourth-order valence-electron chi connectivity index (χ4n) is 1.60. The van der Waals surface area contributed by atoms with Crippen LogP contribution in [0.5, 0.6) is 5.88 Å². The van der Waals surface area contributed by atoms with Gasteiger partial charge in [-0.25, -0.2) is 9.97 Å². The number of benzene rings is 1. The molecule has 2 aromatic rings. The van der Waals surface area contributed by atoms with Gasteiger partial charge < -0.3 is 10.1 Å². The zero-order valence-corrected chi connectivity index (χ0v) is 11.3. The molecular formula is C14H16ClN3O. The number of halogens is 1. The van der Waals surface area contributed by atoms with Crippen molar-refractivity contribution in [3.63, 3.8) is 0 Å². The van der Waals surface area contributed by atoms with Gasteiger partial charge in [0.15, 0.2) is 0 Å². The summed E-state index contributed by atoms with van der Waals surface area (Å²) in [6.07, 6.45) is 3.85. The highest BCUT2D eigenvalue weighted by atomic mass is 35.5. The maximum Gasteiger partial charge on any atom is 0.235 e. The van der Waals surface area contributed by atoms with Crippen molar-refractivity contribution in [2.45, 2.75) is 13.0 Å². The van der Waals surface area contributed by atoms with Gasteiger partial charge >= 0.3 is 0 Å². The molecule has 0 aliphatic rings. The average molecular weight is 278 g/mol. The minimum Gasteiger partial charge on any atom is -0.476 e. The van der Waals surface area contributed by atoms with E-state index >= 15 is 0 Å². The van der Waals surface area contributed by atoms with Gasteiger partial charge in [0.1, 0.15) is 11.3 Å². The number of rotatable bonds is 7. The average Bonchev–Trinajstić information content (AvgIpc) is 2.45. The third kappa shape index (κ3) is 4.85. The number of hydrogen-bond donors (Lipinski definition) is 1. The van der Waals surface area contributed by atoms with Crippen LogP contribution in [0.2, 0.25) is 5.02 Å². The van der Waals surface area contributed by atoms with Crippen LogP contribution < -0.4 is 10.1 Å². The molecule has 0 fully saturated rings. The van der Waals surface area contributed by atoms with E-state index in [1.165, 1.54) is 18.1 Å². The second kappa shape index (κ2) is 7.71. The normalized spacial score (nSPS) is 10.4. The molecule has 0 saturated heterocycles. The maximum absolute atomic E-state index is 5.88. The Balaban J connectivity index is 1.59. The Hall–Kier alpha value is -1.65. The summed E-state index contributed by atoms with van der Waals surface area (Å²) in [6, 6.07) is 10.3. The molecule has 0 atom stereocenters. The van der Waals surface area contributed by atoms with Gasteiger partial charge in [-0.1, -0.05) is 41.9 Å². The zero-order valence-electron chi connectivity index (χ0n) is 10.6. The van der Waals surface area contributed by atoms with Crippen LogP contribution >= 0.6 is 11.6 Å². The quantitative estimate of drug-likeness (QED) is 0.791. The Bertz CT molecular complexity index is 493. The first-order valence-corrected chi connectivity index (χ1v) is 6.57. The fourth-order valence-corrected chi connectivity index (χ4v) is 1.76. The van der Waals surface area contributed by atoms with E-state index in [1.54, 1.807) is 0 Å². The van der Waals surface area contributed by atoms with Crippen molar-refractivity contribution in [1.29, 1.82) is 0 Å². The smallest absolute Gasteiger partial charge is 0.235 e. The molecule has 0 unspecified atom stereocenters. The SMILES string of the molecule is Clc1cncnc1OCCCNCc1ccccc1. The number of hydrogen-bond acceptors (Lipinski definition) is 4. The van der Waals surface area contributed by atoms with E-state index in [-0.39, 0.29) is 0 Å². The molecule has 0 aliphatic carbocycles. The molecule has 100 valence electrons. The molecule has 0 amide bonds. The molecule has 1 N–H and O–H groups in total. The van der Waals surface area contributed by atoms with Crippen molar-refractivity contribution < 1.29 is 4.74 Å². The van der Waals surface area contributed by atoms with E-state index in [4.69, 9.17) is 16.3 Å². The van der Waals surface area contributed by atoms with Gasteiger partial charge in [-0.3, -0.25) is 0 Å². The molecule has 2 rings (SSSR count). The second-order valence-corrected chi connectivity index (χ2v) is 4.45. The lowest BCUT2D eigenvalue weighted by atomic mass is 10.2. The van der Waals surface area contributed by atoms with E-state index < -0.39 is 0 Å². The van der Waals surface area contributed by atoms with Crippen molar-refractivity contribution in [3.8, 4) is 5.88 Å². The first-order valence-electron chi connectivity index (χ1n) is 6.19. The molecular weight excluding hydrogens is 262 g/mol. The van der Waals surface area contributed by atoms with Crippen molar-refractivity contribution in [3.05, 3.63) is 53.4 Å². The molecule has 0 spiro atoms. The van der Waals surface area contributed by atoms with Crippen molar-refractivity contribution in [1.82, 2.24) is 15.3 Å². The minimum absolute atomic E-state index is 0.444. The Morgan fingerprint density at radius 2 is 2.05 bits per heavy atom. The van der Waals surface area contributed by atoms with Crippen LogP contribution in [-0.4, -0.2) is 23.1 Å². The molecule has 0 saturated carbocycles. The Morgan fingerprint density at radius 3 is 2.84 bits per heavy atom. The Kier molecular flexibility index (Phi) is 5.59. The Morgan fingerprint density at radius 1 is 1.21 bits per heavy atom. The second-order valence-electron chi connectivity index (χ2n) is 4.04. The maximum atomic E-state index is 5.88. The van der Waals surface area contributed by atoms with Gasteiger partial charge in [-0.15, -0.1) is 0 Å². The molecule has 1 aromatic heterocycles. The lowest BCUT2D eigenvalue weighted by Crippen LogP contribution is -2.17. The monoisotopic (exact) mass is 277 g/mol. The predicted molar refractivity (Wildman–Crippen MR) is 75.3 cm³/mol. The molecule has 1 heterocycles. The third-order valence-electron chi connectivity index (χ3n) is 2.54. The zero-order chi connectivity index (χ0) is 13.3.